The summed E-state index contributed by atoms with van der Waals surface area (Å²) in [6.07, 6.45) is 1.23. The molecule has 3 rings (SSSR count). The Morgan fingerprint density at radius 3 is 3.19 bits per heavy atom. The van der Waals surface area contributed by atoms with Crippen molar-refractivity contribution >= 4 is 22.0 Å². The number of amides is 1. The Balaban J connectivity index is 1.80. The largest absolute Gasteiger partial charge is 0.485 e. The average molecular weight is 355 g/mol. The number of hydrogen-bond donors (Lipinski definition) is 1. The fourth-order valence-electron chi connectivity index (χ4n) is 3.15. The van der Waals surface area contributed by atoms with E-state index in [-0.39, 0.29) is 17.7 Å². The van der Waals surface area contributed by atoms with Gasteiger partial charge in [-0.05, 0) is 25.1 Å². The van der Waals surface area contributed by atoms with Crippen LogP contribution in [0.15, 0.2) is 22.7 Å². The van der Waals surface area contributed by atoms with Crippen molar-refractivity contribution in [3.05, 3.63) is 28.2 Å². The first-order valence-electron chi connectivity index (χ1n) is 7.19. The Hall–Kier alpha value is -1.27. The van der Waals surface area contributed by atoms with E-state index in [0.29, 0.717) is 26.1 Å². The summed E-state index contributed by atoms with van der Waals surface area (Å²) in [5, 5.41) is 0. The molecule has 0 aromatic heterocycles. The molecule has 2 aliphatic heterocycles. The van der Waals surface area contributed by atoms with Gasteiger partial charge in [0.15, 0.2) is 0 Å². The molecule has 1 unspecified atom stereocenters. The van der Waals surface area contributed by atoms with E-state index >= 15 is 0 Å². The highest BCUT2D eigenvalue weighted by Gasteiger charge is 2.46. The van der Waals surface area contributed by atoms with Crippen LogP contribution in [0.3, 0.4) is 0 Å². The molecule has 1 aromatic carbocycles. The quantitative estimate of drug-likeness (QED) is 0.841. The molecule has 0 saturated carbocycles. The van der Waals surface area contributed by atoms with Gasteiger partial charge in [-0.2, -0.15) is 0 Å². The van der Waals surface area contributed by atoms with Crippen molar-refractivity contribution in [1.29, 1.82) is 0 Å². The molecule has 1 spiro atoms. The highest BCUT2D eigenvalue weighted by atomic mass is 79.9. The fourth-order valence-corrected chi connectivity index (χ4v) is 3.53. The van der Waals surface area contributed by atoms with Crippen LogP contribution >= 0.6 is 15.9 Å². The van der Waals surface area contributed by atoms with Gasteiger partial charge in [-0.15, -0.1) is 0 Å². The van der Waals surface area contributed by atoms with Gasteiger partial charge in [-0.25, -0.2) is 4.79 Å². The van der Waals surface area contributed by atoms with E-state index in [4.69, 9.17) is 15.2 Å². The number of benzene rings is 1. The molecule has 2 atom stereocenters. The summed E-state index contributed by atoms with van der Waals surface area (Å²) >= 11 is 3.46. The Morgan fingerprint density at radius 1 is 1.62 bits per heavy atom. The smallest absolute Gasteiger partial charge is 0.409 e. The van der Waals surface area contributed by atoms with Crippen LogP contribution in [0.25, 0.3) is 0 Å². The van der Waals surface area contributed by atoms with Gasteiger partial charge in [0.1, 0.15) is 11.4 Å². The minimum absolute atomic E-state index is 0.0756. The zero-order chi connectivity index (χ0) is 15.0. The number of nitrogens with two attached hydrogens (primary N) is 1. The molecule has 1 amide bonds. The number of rotatable bonds is 1. The van der Waals surface area contributed by atoms with Crippen LogP contribution < -0.4 is 10.5 Å². The summed E-state index contributed by atoms with van der Waals surface area (Å²) in [6.45, 7) is 3.39. The van der Waals surface area contributed by atoms with Gasteiger partial charge in [0.2, 0.25) is 0 Å². The van der Waals surface area contributed by atoms with E-state index in [9.17, 15) is 4.79 Å². The minimum Gasteiger partial charge on any atom is -0.485 e. The molecule has 114 valence electrons. The molecule has 6 heteroatoms. The standard InChI is InChI=1S/C15H19BrN2O3/c1-2-20-14(19)18-6-5-15(9-18)8-12(17)11-7-10(16)3-4-13(11)21-15/h3-4,7,12H,2,5-6,8-9,17H2,1H3/t12-,15?/m0/s1. The Morgan fingerprint density at radius 2 is 2.43 bits per heavy atom. The van der Waals surface area contributed by atoms with E-state index in [1.165, 1.54) is 0 Å². The zero-order valence-electron chi connectivity index (χ0n) is 12.0. The highest BCUT2D eigenvalue weighted by Crippen LogP contribution is 2.43. The Bertz CT molecular complexity index is 566. The minimum atomic E-state index is -0.382. The summed E-state index contributed by atoms with van der Waals surface area (Å²) in [6, 6.07) is 5.81. The summed E-state index contributed by atoms with van der Waals surface area (Å²) < 4.78 is 12.3. The van der Waals surface area contributed by atoms with Crippen molar-refractivity contribution in [3.63, 3.8) is 0 Å². The van der Waals surface area contributed by atoms with E-state index in [0.717, 1.165) is 22.2 Å². The topological polar surface area (TPSA) is 64.8 Å². The number of carbonyl (C=O) groups is 1. The molecule has 0 radical (unpaired) electrons. The van der Waals surface area contributed by atoms with Gasteiger partial charge < -0.3 is 20.1 Å². The summed E-state index contributed by atoms with van der Waals surface area (Å²) in [5.41, 5.74) is 6.95. The van der Waals surface area contributed by atoms with Crippen molar-refractivity contribution in [2.45, 2.75) is 31.4 Å². The average Bonchev–Trinajstić information content (AvgIpc) is 2.84. The van der Waals surface area contributed by atoms with E-state index < -0.39 is 0 Å². The van der Waals surface area contributed by atoms with Gasteiger partial charge in [0.25, 0.3) is 0 Å². The summed E-state index contributed by atoms with van der Waals surface area (Å²) in [7, 11) is 0. The van der Waals surface area contributed by atoms with Crippen LogP contribution in [-0.2, 0) is 4.74 Å². The number of ether oxygens (including phenoxy) is 2. The van der Waals surface area contributed by atoms with Crippen LogP contribution in [0.5, 0.6) is 5.75 Å². The van der Waals surface area contributed by atoms with Crippen molar-refractivity contribution in [3.8, 4) is 5.75 Å². The van der Waals surface area contributed by atoms with Gasteiger partial charge in [-0.1, -0.05) is 15.9 Å². The lowest BCUT2D eigenvalue weighted by molar-refractivity contribution is 0.0409. The number of carbonyl (C=O) groups excluding carboxylic acids is 1. The second kappa shape index (κ2) is 5.50. The molecule has 5 nitrogen and oxygen atoms in total. The van der Waals surface area contributed by atoms with Crippen molar-refractivity contribution < 1.29 is 14.3 Å². The van der Waals surface area contributed by atoms with Crippen molar-refractivity contribution in [2.24, 2.45) is 5.73 Å². The number of fused-ring (bicyclic) bond motifs is 1. The monoisotopic (exact) mass is 354 g/mol. The Kier molecular flexibility index (Phi) is 3.84. The van der Waals surface area contributed by atoms with Crippen LogP contribution in [0.4, 0.5) is 4.79 Å². The van der Waals surface area contributed by atoms with E-state index in [2.05, 4.69) is 15.9 Å². The predicted octanol–water partition coefficient (Wildman–Crippen LogP) is 2.83. The first kappa shape index (κ1) is 14.7. The predicted molar refractivity (Wildman–Crippen MR) is 82.3 cm³/mol. The molecule has 0 aliphatic carbocycles. The first-order valence-corrected chi connectivity index (χ1v) is 7.98. The molecular weight excluding hydrogens is 336 g/mol. The van der Waals surface area contributed by atoms with Crippen LogP contribution in [0.2, 0.25) is 0 Å². The second-order valence-electron chi connectivity index (χ2n) is 5.65. The molecule has 2 heterocycles. The number of halogens is 1. The molecule has 1 aromatic rings. The van der Waals surface area contributed by atoms with Crippen LogP contribution in [0, 0.1) is 0 Å². The van der Waals surface area contributed by atoms with Crippen molar-refractivity contribution in [2.75, 3.05) is 19.7 Å². The second-order valence-corrected chi connectivity index (χ2v) is 6.56. The van der Waals surface area contributed by atoms with Crippen molar-refractivity contribution in [1.82, 2.24) is 4.90 Å². The normalized spacial score (nSPS) is 27.4. The molecule has 2 aliphatic rings. The van der Waals surface area contributed by atoms with Crippen LogP contribution in [0.1, 0.15) is 31.4 Å². The van der Waals surface area contributed by atoms with Gasteiger partial charge in [0, 0.05) is 35.5 Å². The van der Waals surface area contributed by atoms with E-state index in [1.807, 2.05) is 25.1 Å². The number of hydrogen-bond acceptors (Lipinski definition) is 4. The fraction of sp³-hybridized carbons (Fsp3) is 0.533. The lowest BCUT2D eigenvalue weighted by Crippen LogP contribution is -2.46. The third kappa shape index (κ3) is 2.74. The highest BCUT2D eigenvalue weighted by molar-refractivity contribution is 9.10. The third-order valence-corrected chi connectivity index (χ3v) is 4.63. The number of likely N-dealkylation sites (tertiary alicyclic amines) is 1. The molecule has 1 fully saturated rings. The molecular formula is C15H19BrN2O3. The first-order chi connectivity index (χ1) is 10.0. The zero-order valence-corrected chi connectivity index (χ0v) is 13.6. The van der Waals surface area contributed by atoms with Gasteiger partial charge in [0.05, 0.1) is 13.2 Å². The summed E-state index contributed by atoms with van der Waals surface area (Å²) in [4.78, 5) is 13.6. The lowest BCUT2D eigenvalue weighted by atomic mass is 9.87. The Labute approximate surface area is 132 Å². The molecule has 21 heavy (non-hydrogen) atoms. The summed E-state index contributed by atoms with van der Waals surface area (Å²) in [5.74, 6) is 0.822. The lowest BCUT2D eigenvalue weighted by Gasteiger charge is -2.38. The molecule has 0 bridgehead atoms. The SMILES string of the molecule is CCOC(=O)N1CCC2(C[C@H](N)c3cc(Br)ccc3O2)C1. The molecule has 1 saturated heterocycles. The van der Waals surface area contributed by atoms with Gasteiger partial charge >= 0.3 is 6.09 Å². The molecule has 2 N–H and O–H groups in total. The number of nitrogens with zero attached hydrogens (tertiary/aromatic N) is 1. The van der Waals surface area contributed by atoms with Gasteiger partial charge in [-0.3, -0.25) is 0 Å². The maximum Gasteiger partial charge on any atom is 0.409 e. The maximum absolute atomic E-state index is 11.9. The third-order valence-electron chi connectivity index (χ3n) is 4.13. The van der Waals surface area contributed by atoms with Crippen LogP contribution in [-0.4, -0.2) is 36.3 Å². The van der Waals surface area contributed by atoms with E-state index in [1.54, 1.807) is 4.90 Å². The maximum atomic E-state index is 11.9.